The number of anilines is 1. The molecule has 0 aliphatic carbocycles. The Hall–Kier alpha value is -3.49. The number of rotatable bonds is 9. The fourth-order valence-corrected chi connectivity index (χ4v) is 3.42. The largest absolute Gasteiger partial charge is 0.445 e. The van der Waals surface area contributed by atoms with Crippen molar-refractivity contribution in [2.45, 2.75) is 58.3 Å². The number of aliphatic hydroxyl groups is 1. The van der Waals surface area contributed by atoms with Crippen LogP contribution in [0.2, 0.25) is 0 Å². The third-order valence-electron chi connectivity index (χ3n) is 4.33. The van der Waals surface area contributed by atoms with Gasteiger partial charge in [0.25, 0.3) is 0 Å². The van der Waals surface area contributed by atoms with Gasteiger partial charge < -0.3 is 25.8 Å². The van der Waals surface area contributed by atoms with Crippen LogP contribution in [0.1, 0.15) is 44.7 Å². The Bertz CT molecular complexity index is 1040. The highest BCUT2D eigenvalue weighted by Gasteiger charge is 2.23. The quantitative estimate of drug-likeness (QED) is 0.313. The lowest BCUT2D eigenvalue weighted by Crippen LogP contribution is -2.50. The fraction of sp³-hybridized carbons (Fsp3) is 0.435. The highest BCUT2D eigenvalue weighted by molar-refractivity contribution is 7.15. The maximum Gasteiger partial charge on any atom is 0.407 e. The second-order valence-electron chi connectivity index (χ2n) is 8.34. The van der Waals surface area contributed by atoms with Crippen LogP contribution in [0.5, 0.6) is 0 Å². The predicted molar refractivity (Wildman–Crippen MR) is 128 cm³/mol. The van der Waals surface area contributed by atoms with Gasteiger partial charge in [0.05, 0.1) is 6.04 Å². The molecule has 1 aromatic heterocycles. The van der Waals surface area contributed by atoms with E-state index in [1.807, 2.05) is 51.1 Å². The maximum atomic E-state index is 12.4. The van der Waals surface area contributed by atoms with E-state index in [2.05, 4.69) is 38.0 Å². The number of nitrogens with one attached hydrogen (secondary N) is 3. The van der Waals surface area contributed by atoms with Gasteiger partial charge in [-0.15, -0.1) is 16.1 Å². The van der Waals surface area contributed by atoms with Crippen molar-refractivity contribution in [3.05, 3.63) is 40.9 Å². The fourth-order valence-electron chi connectivity index (χ4n) is 2.60. The van der Waals surface area contributed by atoms with E-state index in [-0.39, 0.29) is 18.6 Å². The molecule has 11 heteroatoms. The summed E-state index contributed by atoms with van der Waals surface area (Å²) in [6.07, 6.45) is -2.49. The standard InChI is InChI=1S/C23H29N5O5S/c1-5-9-17(29)16(13-24-22(32)33-14-15-10-7-6-8-11-15)25-18(30)12-19(31)26-21-28-27-20(34-21)23(2,3)4/h6-8,10-11,16-17,29H,12-14H2,1-4H3,(H,24,32)(H,25,30)(H,26,28,31)/t16-,17-/m0/s1. The third kappa shape index (κ3) is 9.17. The summed E-state index contributed by atoms with van der Waals surface area (Å²) in [6.45, 7) is 7.38. The van der Waals surface area contributed by atoms with Crippen LogP contribution in [0.15, 0.2) is 30.3 Å². The number of aliphatic hydroxyl groups excluding tert-OH is 1. The molecule has 2 rings (SSSR count). The topological polar surface area (TPSA) is 143 Å². The van der Waals surface area contributed by atoms with E-state index >= 15 is 0 Å². The molecule has 3 amide bonds. The zero-order valence-corrected chi connectivity index (χ0v) is 20.4. The molecular weight excluding hydrogens is 458 g/mol. The van der Waals surface area contributed by atoms with Crippen LogP contribution in [0.3, 0.4) is 0 Å². The van der Waals surface area contributed by atoms with E-state index in [0.717, 1.165) is 10.6 Å². The van der Waals surface area contributed by atoms with Crippen molar-refractivity contribution in [3.63, 3.8) is 0 Å². The molecule has 34 heavy (non-hydrogen) atoms. The molecule has 0 radical (unpaired) electrons. The molecule has 0 aliphatic rings. The van der Waals surface area contributed by atoms with Gasteiger partial charge in [-0.05, 0) is 12.5 Å². The van der Waals surface area contributed by atoms with Crippen LogP contribution >= 0.6 is 11.3 Å². The average molecular weight is 488 g/mol. The van der Waals surface area contributed by atoms with E-state index in [0.29, 0.717) is 5.13 Å². The Morgan fingerprint density at radius 1 is 1.15 bits per heavy atom. The number of hydrogen-bond acceptors (Lipinski definition) is 8. The molecule has 0 bridgehead atoms. The van der Waals surface area contributed by atoms with Crippen molar-refractivity contribution >= 4 is 34.4 Å². The highest BCUT2D eigenvalue weighted by atomic mass is 32.1. The Balaban J connectivity index is 1.86. The average Bonchev–Trinajstić information content (AvgIpc) is 3.24. The number of aromatic nitrogens is 2. The van der Waals surface area contributed by atoms with Gasteiger partial charge in [0.1, 0.15) is 24.1 Å². The van der Waals surface area contributed by atoms with E-state index in [1.165, 1.54) is 18.3 Å². The van der Waals surface area contributed by atoms with Gasteiger partial charge in [-0.3, -0.25) is 9.59 Å². The maximum absolute atomic E-state index is 12.4. The zero-order valence-electron chi connectivity index (χ0n) is 19.5. The minimum Gasteiger partial charge on any atom is -0.445 e. The molecule has 0 aliphatic heterocycles. The first kappa shape index (κ1) is 26.8. The molecule has 0 unspecified atom stereocenters. The number of hydrogen-bond donors (Lipinski definition) is 4. The second kappa shape index (κ2) is 12.7. The molecule has 2 atom stereocenters. The Morgan fingerprint density at radius 3 is 2.47 bits per heavy atom. The van der Waals surface area contributed by atoms with Crippen LogP contribution in [0.25, 0.3) is 0 Å². The second-order valence-corrected chi connectivity index (χ2v) is 9.32. The minimum atomic E-state index is -1.26. The monoisotopic (exact) mass is 487 g/mol. The summed E-state index contributed by atoms with van der Waals surface area (Å²) >= 11 is 1.23. The zero-order chi connectivity index (χ0) is 25.1. The van der Waals surface area contributed by atoms with E-state index < -0.39 is 36.5 Å². The number of alkyl carbamates (subject to hydrolysis) is 1. The molecule has 182 valence electrons. The molecule has 0 spiro atoms. The molecule has 1 heterocycles. The molecule has 0 saturated carbocycles. The van der Waals surface area contributed by atoms with Crippen LogP contribution < -0.4 is 16.0 Å². The van der Waals surface area contributed by atoms with Crippen LogP contribution in [0.4, 0.5) is 9.93 Å². The number of amides is 3. The summed E-state index contributed by atoms with van der Waals surface area (Å²) in [5, 5.41) is 26.8. The first-order valence-electron chi connectivity index (χ1n) is 10.6. The number of nitrogens with zero attached hydrogens (tertiary/aromatic N) is 2. The lowest BCUT2D eigenvalue weighted by molar-refractivity contribution is -0.127. The molecule has 1 aromatic carbocycles. The van der Waals surface area contributed by atoms with Gasteiger partial charge in [0.2, 0.25) is 16.9 Å². The molecule has 0 saturated heterocycles. The third-order valence-corrected chi connectivity index (χ3v) is 5.60. The van der Waals surface area contributed by atoms with Gasteiger partial charge in [-0.25, -0.2) is 4.79 Å². The van der Waals surface area contributed by atoms with Gasteiger partial charge in [-0.2, -0.15) is 0 Å². The number of ether oxygens (including phenoxy) is 1. The smallest absolute Gasteiger partial charge is 0.407 e. The van der Waals surface area contributed by atoms with Crippen molar-refractivity contribution < 1.29 is 24.2 Å². The first-order valence-corrected chi connectivity index (χ1v) is 11.4. The van der Waals surface area contributed by atoms with Gasteiger partial charge in [0, 0.05) is 12.0 Å². The molecule has 10 nitrogen and oxygen atoms in total. The summed E-state index contributed by atoms with van der Waals surface area (Å²) in [5.41, 5.74) is 0.604. The van der Waals surface area contributed by atoms with Crippen LogP contribution in [-0.2, 0) is 26.3 Å². The summed E-state index contributed by atoms with van der Waals surface area (Å²) in [4.78, 5) is 36.6. The van der Waals surface area contributed by atoms with E-state index in [9.17, 15) is 19.5 Å². The van der Waals surface area contributed by atoms with Crippen molar-refractivity contribution in [1.29, 1.82) is 0 Å². The van der Waals surface area contributed by atoms with Crippen molar-refractivity contribution in [2.24, 2.45) is 0 Å². The Morgan fingerprint density at radius 2 is 1.85 bits per heavy atom. The lowest BCUT2D eigenvalue weighted by Gasteiger charge is -2.21. The highest BCUT2D eigenvalue weighted by Crippen LogP contribution is 2.27. The van der Waals surface area contributed by atoms with Crippen LogP contribution in [0, 0.1) is 11.8 Å². The van der Waals surface area contributed by atoms with Gasteiger partial charge >= 0.3 is 6.09 Å². The lowest BCUT2D eigenvalue weighted by atomic mass is 9.98. The SMILES string of the molecule is CC#C[C@H](O)[C@H](CNC(=O)OCc1ccccc1)NC(=O)CC(=O)Nc1nnc(C(C)(C)C)s1. The summed E-state index contributed by atoms with van der Waals surface area (Å²) in [6, 6.07) is 8.18. The number of carbonyl (C=O) groups is 3. The number of carbonyl (C=O) groups excluding carboxylic acids is 3. The van der Waals surface area contributed by atoms with Gasteiger partial charge in [-0.1, -0.05) is 68.4 Å². The summed E-state index contributed by atoms with van der Waals surface area (Å²) < 4.78 is 5.12. The molecule has 2 aromatic rings. The van der Waals surface area contributed by atoms with Crippen LogP contribution in [-0.4, -0.2) is 51.9 Å². The number of benzene rings is 1. The van der Waals surface area contributed by atoms with Crippen molar-refractivity contribution in [1.82, 2.24) is 20.8 Å². The molecular formula is C23H29N5O5S. The minimum absolute atomic E-state index is 0.0731. The normalized spacial score (nSPS) is 12.5. The Labute approximate surface area is 202 Å². The summed E-state index contributed by atoms with van der Waals surface area (Å²) in [5.74, 6) is 3.84. The van der Waals surface area contributed by atoms with E-state index in [1.54, 1.807) is 0 Å². The molecule has 4 N–H and O–H groups in total. The first-order chi connectivity index (χ1) is 16.1. The van der Waals surface area contributed by atoms with Gasteiger partial charge in [0.15, 0.2) is 0 Å². The van der Waals surface area contributed by atoms with Crippen molar-refractivity contribution in [2.75, 3.05) is 11.9 Å². The predicted octanol–water partition coefficient (Wildman–Crippen LogP) is 1.96. The summed E-state index contributed by atoms with van der Waals surface area (Å²) in [7, 11) is 0. The Kier molecular flexibility index (Phi) is 9.97. The molecule has 0 fully saturated rings. The van der Waals surface area contributed by atoms with Crippen molar-refractivity contribution in [3.8, 4) is 11.8 Å². The van der Waals surface area contributed by atoms with E-state index in [4.69, 9.17) is 4.74 Å².